The number of aryl methyl sites for hydroxylation is 1. The van der Waals surface area contributed by atoms with E-state index in [1.165, 1.54) is 12.1 Å². The van der Waals surface area contributed by atoms with Gasteiger partial charge < -0.3 is 9.84 Å². The van der Waals surface area contributed by atoms with E-state index >= 15 is 0 Å². The van der Waals surface area contributed by atoms with Crippen molar-refractivity contribution in [2.24, 2.45) is 5.14 Å². The van der Waals surface area contributed by atoms with Crippen molar-refractivity contribution in [2.75, 3.05) is 5.32 Å². The van der Waals surface area contributed by atoms with Crippen LogP contribution in [0.25, 0.3) is 0 Å². The van der Waals surface area contributed by atoms with Crippen molar-refractivity contribution >= 4 is 15.7 Å². The van der Waals surface area contributed by atoms with Crippen molar-refractivity contribution in [3.05, 3.63) is 35.7 Å². The van der Waals surface area contributed by atoms with Gasteiger partial charge in [0.25, 0.3) is 0 Å². The van der Waals surface area contributed by atoms with E-state index in [2.05, 4.69) is 15.5 Å². The first-order valence-electron chi connectivity index (χ1n) is 5.21. The summed E-state index contributed by atoms with van der Waals surface area (Å²) < 4.78 is 40.5. The van der Waals surface area contributed by atoms with Gasteiger partial charge in [-0.1, -0.05) is 5.16 Å². The maximum Gasteiger partial charge on any atom is 0.238 e. The smallest absolute Gasteiger partial charge is 0.238 e. The Kier molecular flexibility index (Phi) is 3.49. The molecule has 1 aromatic carbocycles. The number of hydrogen-bond donors (Lipinski definition) is 2. The van der Waals surface area contributed by atoms with E-state index in [0.29, 0.717) is 11.7 Å². The summed E-state index contributed by atoms with van der Waals surface area (Å²) in [4.78, 5) is 3.65. The monoisotopic (exact) mass is 286 g/mol. The summed E-state index contributed by atoms with van der Waals surface area (Å²) in [6.07, 6.45) is 0. The van der Waals surface area contributed by atoms with Crippen LogP contribution >= 0.6 is 0 Å². The molecule has 0 aliphatic heterocycles. The Balaban J connectivity index is 2.14. The van der Waals surface area contributed by atoms with Crippen molar-refractivity contribution in [2.45, 2.75) is 18.4 Å². The normalized spacial score (nSPS) is 11.5. The Morgan fingerprint density at radius 2 is 2.21 bits per heavy atom. The fourth-order valence-corrected chi connectivity index (χ4v) is 1.93. The topological polar surface area (TPSA) is 111 Å². The second-order valence-corrected chi connectivity index (χ2v) is 5.33. The maximum atomic E-state index is 13.6. The highest BCUT2D eigenvalue weighted by atomic mass is 32.2. The molecule has 1 aromatic heterocycles. The molecule has 0 saturated heterocycles. The number of primary sulfonamides is 1. The highest BCUT2D eigenvalue weighted by Crippen LogP contribution is 2.18. The van der Waals surface area contributed by atoms with E-state index in [9.17, 15) is 12.8 Å². The van der Waals surface area contributed by atoms with E-state index in [0.717, 1.165) is 6.07 Å². The fourth-order valence-electron chi connectivity index (χ4n) is 1.40. The number of rotatable bonds is 4. The van der Waals surface area contributed by atoms with Crippen LogP contribution in [0, 0.1) is 12.7 Å². The molecule has 0 radical (unpaired) electrons. The zero-order valence-electron chi connectivity index (χ0n) is 9.92. The predicted molar refractivity (Wildman–Crippen MR) is 64.1 cm³/mol. The summed E-state index contributed by atoms with van der Waals surface area (Å²) in [5.41, 5.74) is 0.120. The molecule has 0 aliphatic carbocycles. The number of nitrogens with one attached hydrogen (secondary N) is 1. The summed E-state index contributed by atoms with van der Waals surface area (Å²) in [6.45, 7) is 1.79. The molecule has 0 spiro atoms. The van der Waals surface area contributed by atoms with Crippen molar-refractivity contribution < 1.29 is 17.3 Å². The van der Waals surface area contributed by atoms with Crippen molar-refractivity contribution in [3.8, 4) is 0 Å². The quantitative estimate of drug-likeness (QED) is 0.859. The number of hydrogen-bond acceptors (Lipinski definition) is 6. The average molecular weight is 286 g/mol. The Morgan fingerprint density at radius 3 is 2.74 bits per heavy atom. The second-order valence-electron chi connectivity index (χ2n) is 3.77. The van der Waals surface area contributed by atoms with Crippen LogP contribution in [-0.2, 0) is 16.6 Å². The van der Waals surface area contributed by atoms with Gasteiger partial charge in [0.15, 0.2) is 5.82 Å². The van der Waals surface area contributed by atoms with Crippen LogP contribution in [0.3, 0.4) is 0 Å². The molecule has 0 fully saturated rings. The third-order valence-electron chi connectivity index (χ3n) is 2.28. The van der Waals surface area contributed by atoms with Crippen LogP contribution in [0.2, 0.25) is 0 Å². The molecule has 0 atom stereocenters. The second kappa shape index (κ2) is 4.94. The largest absolute Gasteiger partial charge is 0.375 e. The van der Waals surface area contributed by atoms with E-state index < -0.39 is 15.8 Å². The molecular formula is C10H11FN4O3S. The van der Waals surface area contributed by atoms with Gasteiger partial charge in [0.05, 0.1) is 17.1 Å². The molecule has 0 aliphatic rings. The van der Waals surface area contributed by atoms with E-state index in [1.807, 2.05) is 0 Å². The Bertz CT molecular complexity index is 699. The van der Waals surface area contributed by atoms with E-state index in [4.69, 9.17) is 9.66 Å². The molecule has 3 N–H and O–H groups in total. The minimum absolute atomic E-state index is 0.120. The van der Waals surface area contributed by atoms with Gasteiger partial charge in [-0.3, -0.25) is 0 Å². The van der Waals surface area contributed by atoms with Crippen LogP contribution in [0.1, 0.15) is 11.7 Å². The number of benzene rings is 1. The number of anilines is 1. The zero-order chi connectivity index (χ0) is 14.0. The van der Waals surface area contributed by atoms with E-state index in [1.54, 1.807) is 6.92 Å². The Hall–Kier alpha value is -2.00. The first-order valence-corrected chi connectivity index (χ1v) is 6.76. The molecule has 0 unspecified atom stereocenters. The maximum absolute atomic E-state index is 13.6. The van der Waals surface area contributed by atoms with Crippen molar-refractivity contribution in [3.63, 3.8) is 0 Å². The van der Waals surface area contributed by atoms with Gasteiger partial charge in [0.1, 0.15) is 5.82 Å². The van der Waals surface area contributed by atoms with Gasteiger partial charge in [-0.2, -0.15) is 4.98 Å². The number of sulfonamides is 1. The van der Waals surface area contributed by atoms with Crippen molar-refractivity contribution in [1.82, 2.24) is 10.1 Å². The lowest BCUT2D eigenvalue weighted by Gasteiger charge is -2.06. The van der Waals surface area contributed by atoms with Crippen LogP contribution in [0.4, 0.5) is 10.1 Å². The van der Waals surface area contributed by atoms with Crippen LogP contribution in [0.5, 0.6) is 0 Å². The average Bonchev–Trinajstić information content (AvgIpc) is 2.72. The lowest BCUT2D eigenvalue weighted by atomic mass is 10.3. The van der Waals surface area contributed by atoms with Gasteiger partial charge >= 0.3 is 0 Å². The summed E-state index contributed by atoms with van der Waals surface area (Å²) in [6, 6.07) is 3.34. The first kappa shape index (κ1) is 13.4. The summed E-state index contributed by atoms with van der Waals surface area (Å²) >= 11 is 0. The molecule has 7 nitrogen and oxygen atoms in total. The molecule has 19 heavy (non-hydrogen) atoms. The minimum Gasteiger partial charge on any atom is -0.375 e. The molecule has 0 bridgehead atoms. The van der Waals surface area contributed by atoms with Gasteiger partial charge in [-0.05, 0) is 18.2 Å². The molecule has 0 amide bonds. The SMILES string of the molecule is Cc1nc(CNc2ccc(S(N)(=O)=O)cc2F)no1. The summed E-state index contributed by atoms with van der Waals surface area (Å²) in [5, 5.41) is 11.3. The number of aromatic nitrogens is 2. The van der Waals surface area contributed by atoms with E-state index in [-0.39, 0.29) is 17.1 Å². The van der Waals surface area contributed by atoms with Crippen LogP contribution in [0.15, 0.2) is 27.6 Å². The van der Waals surface area contributed by atoms with Gasteiger partial charge in [-0.15, -0.1) is 0 Å². The lowest BCUT2D eigenvalue weighted by Crippen LogP contribution is -2.13. The predicted octanol–water partition coefficient (Wildman–Crippen LogP) is 0.777. The minimum atomic E-state index is -3.91. The van der Waals surface area contributed by atoms with Crippen LogP contribution < -0.4 is 10.5 Å². The zero-order valence-corrected chi connectivity index (χ0v) is 10.7. The third-order valence-corrected chi connectivity index (χ3v) is 3.19. The Morgan fingerprint density at radius 1 is 1.47 bits per heavy atom. The van der Waals surface area contributed by atoms with Crippen molar-refractivity contribution in [1.29, 1.82) is 0 Å². The van der Waals surface area contributed by atoms with Gasteiger partial charge in [-0.25, -0.2) is 17.9 Å². The van der Waals surface area contributed by atoms with Crippen LogP contribution in [-0.4, -0.2) is 18.6 Å². The lowest BCUT2D eigenvalue weighted by molar-refractivity contribution is 0.388. The first-order chi connectivity index (χ1) is 8.86. The third kappa shape index (κ3) is 3.26. The summed E-state index contributed by atoms with van der Waals surface area (Å²) in [7, 11) is -3.91. The number of nitrogens with two attached hydrogens (primary N) is 1. The molecule has 1 heterocycles. The number of halogens is 1. The number of nitrogens with zero attached hydrogens (tertiary/aromatic N) is 2. The molecule has 0 saturated carbocycles. The highest BCUT2D eigenvalue weighted by Gasteiger charge is 2.12. The Labute approximate surface area is 108 Å². The summed E-state index contributed by atoms with van der Waals surface area (Å²) in [5.74, 6) is 0.0426. The fraction of sp³-hybridized carbons (Fsp3) is 0.200. The van der Waals surface area contributed by atoms with Gasteiger partial charge in [0, 0.05) is 6.92 Å². The molecular weight excluding hydrogens is 275 g/mol. The van der Waals surface area contributed by atoms with Gasteiger partial charge in [0.2, 0.25) is 15.9 Å². The standard InChI is InChI=1S/C10H11FN4O3S/c1-6-14-10(15-18-6)5-13-9-3-2-7(4-8(9)11)19(12,16)17/h2-4,13H,5H2,1H3,(H2,12,16,17). The molecule has 2 rings (SSSR count). The highest BCUT2D eigenvalue weighted by molar-refractivity contribution is 7.89. The molecule has 2 aromatic rings. The molecule has 9 heteroatoms. The molecule has 102 valence electrons.